The van der Waals surface area contributed by atoms with Gasteiger partial charge in [-0.25, -0.2) is 0 Å². The van der Waals surface area contributed by atoms with Gasteiger partial charge in [-0.05, 0) is 47.9 Å². The van der Waals surface area contributed by atoms with E-state index in [2.05, 4.69) is 5.40 Å². The molecule has 1 aromatic carbocycles. The van der Waals surface area contributed by atoms with Gasteiger partial charge in [-0.2, -0.15) is 5.26 Å². The van der Waals surface area contributed by atoms with E-state index in [0.29, 0.717) is 11.7 Å². The molecule has 0 saturated carbocycles. The van der Waals surface area contributed by atoms with Crippen LogP contribution in [-0.4, -0.2) is 5.11 Å². The molecule has 3 heteroatoms. The van der Waals surface area contributed by atoms with Gasteiger partial charge in [0.15, 0.2) is 0 Å². The van der Waals surface area contributed by atoms with Gasteiger partial charge in [0.1, 0.15) is 11.2 Å². The second kappa shape index (κ2) is 4.39. The van der Waals surface area contributed by atoms with Crippen LogP contribution in [0, 0.1) is 17.6 Å². The number of hydrogen-bond donors (Lipinski definition) is 1. The molecular formula is C11H13NOS. The zero-order valence-electron chi connectivity index (χ0n) is 8.53. The summed E-state index contributed by atoms with van der Waals surface area (Å²) in [6.45, 7) is 5.93. The molecule has 0 bridgehead atoms. The molecule has 0 spiro atoms. The second-order valence-corrected chi connectivity index (χ2v) is 4.35. The smallest absolute Gasteiger partial charge is 0.138 e. The zero-order valence-corrected chi connectivity index (χ0v) is 9.35. The molecule has 0 radical (unpaired) electrons. The lowest BCUT2D eigenvalue weighted by Gasteiger charge is -2.11. The monoisotopic (exact) mass is 207 g/mol. The van der Waals surface area contributed by atoms with Crippen LogP contribution in [0.2, 0.25) is 0 Å². The number of nitrogens with zero attached hydrogens (tertiary/aromatic N) is 1. The Kier molecular flexibility index (Phi) is 3.43. The molecule has 0 aromatic heterocycles. The summed E-state index contributed by atoms with van der Waals surface area (Å²) in [4.78, 5) is 0.942. The second-order valence-electron chi connectivity index (χ2n) is 3.52. The summed E-state index contributed by atoms with van der Waals surface area (Å²) in [6, 6.07) is 3.61. The van der Waals surface area contributed by atoms with Crippen LogP contribution in [0.5, 0.6) is 5.75 Å². The van der Waals surface area contributed by atoms with Gasteiger partial charge in [-0.3, -0.25) is 0 Å². The Balaban J connectivity index is 3.25. The molecule has 0 amide bonds. The van der Waals surface area contributed by atoms with Crippen molar-refractivity contribution in [2.24, 2.45) is 0 Å². The van der Waals surface area contributed by atoms with Crippen LogP contribution < -0.4 is 0 Å². The maximum absolute atomic E-state index is 9.55. The Morgan fingerprint density at radius 1 is 1.43 bits per heavy atom. The molecule has 0 aliphatic rings. The van der Waals surface area contributed by atoms with Crippen LogP contribution in [0.3, 0.4) is 0 Å². The number of nitriles is 1. The van der Waals surface area contributed by atoms with Crippen LogP contribution in [0.4, 0.5) is 0 Å². The van der Waals surface area contributed by atoms with Crippen molar-refractivity contribution in [1.82, 2.24) is 0 Å². The fraction of sp³-hybridized carbons (Fsp3) is 0.364. The summed E-state index contributed by atoms with van der Waals surface area (Å²) >= 11 is 1.15. The highest BCUT2D eigenvalue weighted by Crippen LogP contribution is 2.33. The molecular weight excluding hydrogens is 194 g/mol. The number of thiocyanates is 1. The minimum absolute atomic E-state index is 0.302. The van der Waals surface area contributed by atoms with E-state index in [9.17, 15) is 5.11 Å². The zero-order chi connectivity index (χ0) is 10.7. The van der Waals surface area contributed by atoms with Gasteiger partial charge in [0.05, 0.1) is 0 Å². The molecule has 0 fully saturated rings. The quantitative estimate of drug-likeness (QED) is 0.597. The fourth-order valence-electron chi connectivity index (χ4n) is 1.27. The van der Waals surface area contributed by atoms with E-state index in [1.165, 1.54) is 0 Å². The van der Waals surface area contributed by atoms with Crippen LogP contribution in [0.25, 0.3) is 0 Å². The molecule has 0 atom stereocenters. The molecule has 0 heterocycles. The van der Waals surface area contributed by atoms with Crippen LogP contribution in [0.15, 0.2) is 17.0 Å². The molecule has 1 N–H and O–H groups in total. The Morgan fingerprint density at radius 3 is 2.57 bits per heavy atom. The highest BCUT2D eigenvalue weighted by molar-refractivity contribution is 8.03. The van der Waals surface area contributed by atoms with Crippen molar-refractivity contribution < 1.29 is 5.11 Å². The molecule has 1 rings (SSSR count). The predicted molar refractivity (Wildman–Crippen MR) is 58.4 cm³/mol. The highest BCUT2D eigenvalue weighted by atomic mass is 32.2. The Labute approximate surface area is 88.6 Å². The van der Waals surface area contributed by atoms with E-state index in [-0.39, 0.29) is 0 Å². The Hall–Kier alpha value is -1.14. The average molecular weight is 207 g/mol. The van der Waals surface area contributed by atoms with Crippen molar-refractivity contribution in [3.8, 4) is 11.2 Å². The van der Waals surface area contributed by atoms with Gasteiger partial charge in [-0.1, -0.05) is 13.8 Å². The van der Waals surface area contributed by atoms with Gasteiger partial charge in [0.25, 0.3) is 0 Å². The number of aromatic hydroxyl groups is 1. The van der Waals surface area contributed by atoms with Gasteiger partial charge in [0.2, 0.25) is 0 Å². The van der Waals surface area contributed by atoms with Crippen LogP contribution in [0.1, 0.15) is 30.9 Å². The van der Waals surface area contributed by atoms with Gasteiger partial charge < -0.3 is 5.11 Å². The average Bonchev–Trinajstić information content (AvgIpc) is 2.11. The number of aryl methyl sites for hydroxylation is 1. The third-order valence-electron chi connectivity index (χ3n) is 2.11. The summed E-state index contributed by atoms with van der Waals surface area (Å²) in [6.07, 6.45) is 0. The Morgan fingerprint density at radius 2 is 2.07 bits per heavy atom. The van der Waals surface area contributed by atoms with E-state index in [1.54, 1.807) is 6.07 Å². The lowest BCUT2D eigenvalue weighted by Crippen LogP contribution is -1.91. The lowest BCUT2D eigenvalue weighted by molar-refractivity contribution is 0.469. The van der Waals surface area contributed by atoms with Crippen LogP contribution in [-0.2, 0) is 0 Å². The molecule has 1 aromatic rings. The van der Waals surface area contributed by atoms with E-state index < -0.39 is 0 Å². The first-order valence-electron chi connectivity index (χ1n) is 4.45. The minimum Gasteiger partial charge on any atom is -0.508 e. The number of hydrogen-bond acceptors (Lipinski definition) is 3. The summed E-state index contributed by atoms with van der Waals surface area (Å²) in [5, 5.41) is 20.2. The SMILES string of the molecule is Cc1cc(SC#N)c(C(C)C)cc1O. The Bertz CT molecular complexity index is 380. The van der Waals surface area contributed by atoms with Crippen molar-refractivity contribution in [2.45, 2.75) is 31.6 Å². The van der Waals surface area contributed by atoms with Crippen molar-refractivity contribution >= 4 is 11.8 Å². The first-order chi connectivity index (χ1) is 6.56. The van der Waals surface area contributed by atoms with Gasteiger partial charge in [0, 0.05) is 4.90 Å². The molecule has 2 nitrogen and oxygen atoms in total. The first-order valence-corrected chi connectivity index (χ1v) is 5.27. The highest BCUT2D eigenvalue weighted by Gasteiger charge is 2.10. The summed E-state index contributed by atoms with van der Waals surface area (Å²) in [7, 11) is 0. The predicted octanol–water partition coefficient (Wildman–Crippen LogP) is 3.40. The third-order valence-corrected chi connectivity index (χ3v) is 2.77. The summed E-state index contributed by atoms with van der Waals surface area (Å²) in [5.74, 6) is 0.619. The summed E-state index contributed by atoms with van der Waals surface area (Å²) in [5.41, 5.74) is 1.84. The largest absolute Gasteiger partial charge is 0.508 e. The van der Waals surface area contributed by atoms with Gasteiger partial charge >= 0.3 is 0 Å². The molecule has 74 valence electrons. The molecule has 0 aliphatic carbocycles. The molecule has 14 heavy (non-hydrogen) atoms. The van der Waals surface area contributed by atoms with E-state index in [1.807, 2.05) is 26.8 Å². The number of benzene rings is 1. The van der Waals surface area contributed by atoms with E-state index in [4.69, 9.17) is 5.26 Å². The maximum Gasteiger partial charge on any atom is 0.138 e. The molecule has 0 unspecified atom stereocenters. The fourth-order valence-corrected chi connectivity index (χ4v) is 2.02. The number of thioether (sulfide) groups is 1. The van der Waals surface area contributed by atoms with Crippen molar-refractivity contribution in [3.63, 3.8) is 0 Å². The van der Waals surface area contributed by atoms with Gasteiger partial charge in [-0.15, -0.1) is 0 Å². The topological polar surface area (TPSA) is 44.0 Å². The standard InChI is InChI=1S/C11H13NOS/c1-7(2)9-5-10(13)8(3)4-11(9)14-6-12/h4-5,7,13H,1-3H3. The van der Waals surface area contributed by atoms with Crippen LogP contribution >= 0.6 is 11.8 Å². The first kappa shape index (κ1) is 10.9. The van der Waals surface area contributed by atoms with E-state index in [0.717, 1.165) is 27.8 Å². The number of phenols is 1. The van der Waals surface area contributed by atoms with Crippen molar-refractivity contribution in [1.29, 1.82) is 5.26 Å². The molecule has 0 aliphatic heterocycles. The lowest BCUT2D eigenvalue weighted by atomic mass is 10.0. The van der Waals surface area contributed by atoms with Crippen molar-refractivity contribution in [3.05, 3.63) is 23.3 Å². The summed E-state index contributed by atoms with van der Waals surface area (Å²) < 4.78 is 0. The third kappa shape index (κ3) is 2.21. The normalized spacial score (nSPS) is 10.2. The number of rotatable bonds is 2. The minimum atomic E-state index is 0.302. The number of phenolic OH excluding ortho intramolecular Hbond substituents is 1. The van der Waals surface area contributed by atoms with Crippen molar-refractivity contribution in [2.75, 3.05) is 0 Å². The molecule has 0 saturated heterocycles. The van der Waals surface area contributed by atoms with E-state index >= 15 is 0 Å². The maximum atomic E-state index is 9.55.